The van der Waals surface area contributed by atoms with Crippen LogP contribution in [-0.4, -0.2) is 29.4 Å². The van der Waals surface area contributed by atoms with E-state index in [1.807, 2.05) is 36.4 Å². The maximum atomic E-state index is 12.2. The van der Waals surface area contributed by atoms with E-state index < -0.39 is 0 Å². The maximum absolute atomic E-state index is 12.2. The van der Waals surface area contributed by atoms with E-state index >= 15 is 0 Å². The Bertz CT molecular complexity index is 1090. The van der Waals surface area contributed by atoms with Crippen LogP contribution in [0.3, 0.4) is 0 Å². The SMILES string of the molecule is CN.O=Cc1cccc(N=C2NC(=O)/C(=C/c3ccc4ncccc4c3)S2)c1. The highest BCUT2D eigenvalue weighted by Crippen LogP contribution is 2.28. The molecule has 0 unspecified atom stereocenters. The Morgan fingerprint density at radius 2 is 1.93 bits per heavy atom. The van der Waals surface area contributed by atoms with Gasteiger partial charge in [0, 0.05) is 17.1 Å². The van der Waals surface area contributed by atoms with E-state index in [-0.39, 0.29) is 5.91 Å². The molecule has 1 saturated heterocycles. The molecule has 3 aromatic rings. The van der Waals surface area contributed by atoms with Crippen LogP contribution in [0.2, 0.25) is 0 Å². The summed E-state index contributed by atoms with van der Waals surface area (Å²) >= 11 is 1.27. The average molecular weight is 390 g/mol. The number of nitrogens with zero attached hydrogens (tertiary/aromatic N) is 2. The fourth-order valence-electron chi connectivity index (χ4n) is 2.60. The Morgan fingerprint density at radius 1 is 1.07 bits per heavy atom. The van der Waals surface area contributed by atoms with Crippen LogP contribution in [0.25, 0.3) is 17.0 Å². The number of aromatic nitrogens is 1. The molecule has 1 amide bonds. The summed E-state index contributed by atoms with van der Waals surface area (Å²) in [6.45, 7) is 0. The van der Waals surface area contributed by atoms with Crippen LogP contribution >= 0.6 is 11.8 Å². The number of rotatable bonds is 3. The van der Waals surface area contributed by atoms with Crippen molar-refractivity contribution in [1.82, 2.24) is 10.3 Å². The molecular formula is C21H18N4O2S. The van der Waals surface area contributed by atoms with Gasteiger partial charge in [-0.25, -0.2) is 4.99 Å². The van der Waals surface area contributed by atoms with E-state index in [4.69, 9.17) is 0 Å². The second-order valence-electron chi connectivity index (χ2n) is 5.65. The molecule has 4 rings (SSSR count). The van der Waals surface area contributed by atoms with Crippen molar-refractivity contribution >= 4 is 51.8 Å². The smallest absolute Gasteiger partial charge is 0.264 e. The molecule has 28 heavy (non-hydrogen) atoms. The highest BCUT2D eigenvalue weighted by Gasteiger charge is 2.23. The number of fused-ring (bicyclic) bond motifs is 1. The Balaban J connectivity index is 0.00000109. The predicted octanol–water partition coefficient (Wildman–Crippen LogP) is 3.51. The molecule has 1 fully saturated rings. The molecule has 6 nitrogen and oxygen atoms in total. The number of pyridine rings is 1. The van der Waals surface area contributed by atoms with Crippen molar-refractivity contribution in [3.63, 3.8) is 0 Å². The third-order valence-corrected chi connectivity index (χ3v) is 4.72. The van der Waals surface area contributed by atoms with Gasteiger partial charge >= 0.3 is 0 Å². The topological polar surface area (TPSA) is 97.4 Å². The largest absolute Gasteiger partial charge is 0.333 e. The summed E-state index contributed by atoms with van der Waals surface area (Å²) in [7, 11) is 1.50. The van der Waals surface area contributed by atoms with Crippen molar-refractivity contribution in [3.05, 3.63) is 76.8 Å². The van der Waals surface area contributed by atoms with Crippen LogP contribution in [0, 0.1) is 0 Å². The maximum Gasteiger partial charge on any atom is 0.264 e. The molecule has 2 heterocycles. The quantitative estimate of drug-likeness (QED) is 0.527. The first-order valence-electron chi connectivity index (χ1n) is 8.49. The molecule has 140 valence electrons. The second kappa shape index (κ2) is 9.07. The molecular weight excluding hydrogens is 372 g/mol. The van der Waals surface area contributed by atoms with Gasteiger partial charge in [-0.15, -0.1) is 0 Å². The molecule has 1 aliphatic heterocycles. The average Bonchev–Trinajstić information content (AvgIpc) is 3.08. The number of nitrogens with one attached hydrogen (secondary N) is 1. The Morgan fingerprint density at radius 3 is 2.75 bits per heavy atom. The minimum Gasteiger partial charge on any atom is -0.333 e. The highest BCUT2D eigenvalue weighted by molar-refractivity contribution is 8.18. The van der Waals surface area contributed by atoms with Crippen LogP contribution in [-0.2, 0) is 4.79 Å². The predicted molar refractivity (Wildman–Crippen MR) is 114 cm³/mol. The number of thioether (sulfide) groups is 1. The normalized spacial score (nSPS) is 16.0. The van der Waals surface area contributed by atoms with Gasteiger partial charge < -0.3 is 11.1 Å². The zero-order chi connectivity index (χ0) is 19.9. The molecule has 0 bridgehead atoms. The van der Waals surface area contributed by atoms with Gasteiger partial charge in [0.15, 0.2) is 5.17 Å². The number of benzene rings is 2. The number of amidine groups is 1. The molecule has 0 spiro atoms. The Kier molecular flexibility index (Phi) is 6.31. The lowest BCUT2D eigenvalue weighted by atomic mass is 10.1. The van der Waals surface area contributed by atoms with Crippen molar-refractivity contribution in [1.29, 1.82) is 0 Å². The molecule has 3 N–H and O–H groups in total. The zero-order valence-electron chi connectivity index (χ0n) is 15.1. The lowest BCUT2D eigenvalue weighted by Gasteiger charge is -1.99. The Hall–Kier alpha value is -3.29. The van der Waals surface area contributed by atoms with Gasteiger partial charge in [0.1, 0.15) is 6.29 Å². The molecule has 0 aliphatic carbocycles. The molecule has 7 heteroatoms. The number of aliphatic imine (C=N–C) groups is 1. The Labute approximate surface area is 166 Å². The number of amides is 1. The standard InChI is InChI=1S/C20H13N3O2S.CH5N/c24-12-14-3-1-5-16(10-14)22-20-23-19(25)18(26-20)11-13-6-7-17-15(9-13)4-2-8-21-17;1-2/h1-12H,(H,22,23,25);2H2,1H3/b18-11-;. The third kappa shape index (κ3) is 4.51. The van der Waals surface area contributed by atoms with E-state index in [2.05, 4.69) is 21.0 Å². The van der Waals surface area contributed by atoms with E-state index in [1.165, 1.54) is 18.8 Å². The summed E-state index contributed by atoms with van der Waals surface area (Å²) in [5.74, 6) is -0.188. The van der Waals surface area contributed by atoms with E-state index in [0.29, 0.717) is 21.3 Å². The highest BCUT2D eigenvalue weighted by atomic mass is 32.2. The van der Waals surface area contributed by atoms with E-state index in [1.54, 1.807) is 30.5 Å². The van der Waals surface area contributed by atoms with Crippen molar-refractivity contribution < 1.29 is 9.59 Å². The first-order valence-corrected chi connectivity index (χ1v) is 9.30. The molecule has 0 saturated carbocycles. The first-order chi connectivity index (χ1) is 13.7. The summed E-state index contributed by atoms with van der Waals surface area (Å²) in [4.78, 5) is 32.3. The molecule has 2 aromatic carbocycles. The fraction of sp³-hybridized carbons (Fsp3) is 0.0476. The summed E-state index contributed by atoms with van der Waals surface area (Å²) < 4.78 is 0. The van der Waals surface area contributed by atoms with Crippen LogP contribution in [0.4, 0.5) is 5.69 Å². The number of carbonyl (C=O) groups is 2. The number of carbonyl (C=O) groups excluding carboxylic acids is 2. The van der Waals surface area contributed by atoms with Crippen LogP contribution in [0.5, 0.6) is 0 Å². The van der Waals surface area contributed by atoms with Crippen molar-refractivity contribution in [2.75, 3.05) is 7.05 Å². The van der Waals surface area contributed by atoms with Crippen molar-refractivity contribution in [2.24, 2.45) is 10.7 Å². The summed E-state index contributed by atoms with van der Waals surface area (Å²) in [5, 5.41) is 4.26. The van der Waals surface area contributed by atoms with Gasteiger partial charge in [0.05, 0.1) is 16.1 Å². The van der Waals surface area contributed by atoms with Gasteiger partial charge in [-0.3, -0.25) is 14.6 Å². The third-order valence-electron chi connectivity index (χ3n) is 3.81. The molecule has 1 aromatic heterocycles. The summed E-state index contributed by atoms with van der Waals surface area (Å²) in [5.41, 5.74) is 7.50. The van der Waals surface area contributed by atoms with Gasteiger partial charge in [-0.2, -0.15) is 0 Å². The fourth-order valence-corrected chi connectivity index (χ4v) is 3.44. The zero-order valence-corrected chi connectivity index (χ0v) is 15.9. The lowest BCUT2D eigenvalue weighted by Crippen LogP contribution is -2.19. The molecule has 0 atom stereocenters. The molecule has 0 radical (unpaired) electrons. The van der Waals surface area contributed by atoms with Gasteiger partial charge in [0.2, 0.25) is 0 Å². The van der Waals surface area contributed by atoms with Crippen LogP contribution in [0.1, 0.15) is 15.9 Å². The lowest BCUT2D eigenvalue weighted by molar-refractivity contribution is -0.115. The summed E-state index contributed by atoms with van der Waals surface area (Å²) in [6.07, 6.45) is 4.35. The number of nitrogens with two attached hydrogens (primary N) is 1. The molecule has 1 aliphatic rings. The number of hydrogen-bond donors (Lipinski definition) is 2. The van der Waals surface area contributed by atoms with E-state index in [9.17, 15) is 9.59 Å². The first kappa shape index (κ1) is 19.5. The monoisotopic (exact) mass is 390 g/mol. The van der Waals surface area contributed by atoms with Crippen LogP contribution in [0.15, 0.2) is 70.7 Å². The van der Waals surface area contributed by atoms with Crippen LogP contribution < -0.4 is 11.1 Å². The van der Waals surface area contributed by atoms with Crippen molar-refractivity contribution in [2.45, 2.75) is 0 Å². The minimum absolute atomic E-state index is 0.188. The van der Waals surface area contributed by atoms with Gasteiger partial charge in [0.25, 0.3) is 5.91 Å². The number of aldehydes is 1. The van der Waals surface area contributed by atoms with Gasteiger partial charge in [-0.1, -0.05) is 24.3 Å². The summed E-state index contributed by atoms with van der Waals surface area (Å²) in [6, 6.07) is 16.6. The minimum atomic E-state index is -0.188. The van der Waals surface area contributed by atoms with Crippen molar-refractivity contribution in [3.8, 4) is 0 Å². The second-order valence-corrected chi connectivity index (χ2v) is 6.68. The van der Waals surface area contributed by atoms with Gasteiger partial charge in [-0.05, 0) is 60.8 Å². The van der Waals surface area contributed by atoms with E-state index in [0.717, 1.165) is 22.8 Å². The number of hydrogen-bond acceptors (Lipinski definition) is 6.